The summed E-state index contributed by atoms with van der Waals surface area (Å²) in [6, 6.07) is 7.67. The molecule has 2 rings (SSSR count). The van der Waals surface area contributed by atoms with Gasteiger partial charge in [-0.3, -0.25) is 0 Å². The number of anilines is 2. The molecule has 2 aromatic rings. The van der Waals surface area contributed by atoms with Crippen molar-refractivity contribution in [3.63, 3.8) is 0 Å². The van der Waals surface area contributed by atoms with Crippen LogP contribution in [0.15, 0.2) is 30.5 Å². The van der Waals surface area contributed by atoms with Gasteiger partial charge in [0.1, 0.15) is 5.82 Å². The fourth-order valence-electron chi connectivity index (χ4n) is 1.31. The van der Waals surface area contributed by atoms with Crippen molar-refractivity contribution in [1.29, 1.82) is 0 Å². The summed E-state index contributed by atoms with van der Waals surface area (Å²) >= 11 is 7.46. The molecule has 0 unspecified atom stereocenters. The maximum atomic E-state index is 5.85. The van der Waals surface area contributed by atoms with Crippen LogP contribution in [0.5, 0.6) is 0 Å². The lowest BCUT2D eigenvalue weighted by Gasteiger charge is -2.04. The second kappa shape index (κ2) is 5.18. The summed E-state index contributed by atoms with van der Waals surface area (Å²) in [4.78, 5) is 5.43. The normalized spacial score (nSPS) is 10.3. The van der Waals surface area contributed by atoms with Crippen LogP contribution in [0.2, 0.25) is 4.34 Å². The zero-order valence-electron chi connectivity index (χ0n) is 8.61. The number of rotatable bonds is 4. The number of nitrogens with two attached hydrogens (primary N) is 1. The summed E-state index contributed by atoms with van der Waals surface area (Å²) in [5, 5.41) is 3.23. The third-order valence-corrected chi connectivity index (χ3v) is 3.38. The van der Waals surface area contributed by atoms with Crippen molar-refractivity contribution >= 4 is 34.4 Å². The summed E-state index contributed by atoms with van der Waals surface area (Å²) in [5.74, 6) is 0.844. The molecule has 0 aliphatic carbocycles. The number of aromatic nitrogens is 1. The van der Waals surface area contributed by atoms with Gasteiger partial charge in [-0.25, -0.2) is 4.98 Å². The molecule has 0 radical (unpaired) electrons. The third kappa shape index (κ3) is 3.12. The van der Waals surface area contributed by atoms with Crippen molar-refractivity contribution < 1.29 is 0 Å². The van der Waals surface area contributed by atoms with Crippen LogP contribution in [0, 0.1) is 0 Å². The van der Waals surface area contributed by atoms with E-state index >= 15 is 0 Å². The summed E-state index contributed by atoms with van der Waals surface area (Å²) < 4.78 is 0.834. The van der Waals surface area contributed by atoms with Crippen LogP contribution in [-0.2, 0) is 6.42 Å². The standard InChI is InChI=1S/C11H12ClN3S/c12-10-3-2-9(16-10)5-6-14-11-4-1-8(13)7-15-11/h1-4,7H,5-6,13H2,(H,14,15). The van der Waals surface area contributed by atoms with Crippen molar-refractivity contribution in [2.75, 3.05) is 17.6 Å². The molecule has 0 spiro atoms. The van der Waals surface area contributed by atoms with Gasteiger partial charge >= 0.3 is 0 Å². The van der Waals surface area contributed by atoms with Crippen LogP contribution >= 0.6 is 22.9 Å². The zero-order chi connectivity index (χ0) is 11.4. The van der Waals surface area contributed by atoms with E-state index in [0.717, 1.165) is 23.1 Å². The van der Waals surface area contributed by atoms with Crippen LogP contribution < -0.4 is 11.1 Å². The van der Waals surface area contributed by atoms with Gasteiger partial charge in [0.25, 0.3) is 0 Å². The molecule has 0 saturated heterocycles. The first kappa shape index (κ1) is 11.2. The molecule has 3 N–H and O–H groups in total. The highest BCUT2D eigenvalue weighted by atomic mass is 35.5. The van der Waals surface area contributed by atoms with Crippen LogP contribution in [0.1, 0.15) is 4.88 Å². The van der Waals surface area contributed by atoms with E-state index in [1.54, 1.807) is 17.5 Å². The Hall–Kier alpha value is -1.26. The monoisotopic (exact) mass is 253 g/mol. The van der Waals surface area contributed by atoms with E-state index in [2.05, 4.69) is 10.3 Å². The Kier molecular flexibility index (Phi) is 3.64. The number of nitrogens with zero attached hydrogens (tertiary/aromatic N) is 1. The number of halogens is 1. The predicted octanol–water partition coefficient (Wildman–Crippen LogP) is 3.03. The summed E-state index contributed by atoms with van der Waals surface area (Å²) in [6.07, 6.45) is 2.59. The molecule has 2 heterocycles. The molecule has 0 atom stereocenters. The Morgan fingerprint density at radius 3 is 2.81 bits per heavy atom. The maximum absolute atomic E-state index is 5.85. The quantitative estimate of drug-likeness (QED) is 0.881. The Balaban J connectivity index is 1.82. The third-order valence-electron chi connectivity index (χ3n) is 2.09. The molecule has 0 aliphatic heterocycles. The molecular formula is C11H12ClN3S. The van der Waals surface area contributed by atoms with E-state index in [-0.39, 0.29) is 0 Å². The smallest absolute Gasteiger partial charge is 0.126 e. The largest absolute Gasteiger partial charge is 0.397 e. The summed E-state index contributed by atoms with van der Waals surface area (Å²) in [6.45, 7) is 0.841. The van der Waals surface area contributed by atoms with Crippen LogP contribution in [0.4, 0.5) is 11.5 Å². The van der Waals surface area contributed by atoms with Gasteiger partial charge in [-0.05, 0) is 30.7 Å². The highest BCUT2D eigenvalue weighted by molar-refractivity contribution is 7.16. The van der Waals surface area contributed by atoms with Crippen molar-refractivity contribution in [2.24, 2.45) is 0 Å². The first-order valence-electron chi connectivity index (χ1n) is 4.93. The van der Waals surface area contributed by atoms with Crippen molar-refractivity contribution in [1.82, 2.24) is 4.98 Å². The molecule has 0 saturated carbocycles. The van der Waals surface area contributed by atoms with E-state index in [0.29, 0.717) is 5.69 Å². The Morgan fingerprint density at radius 1 is 1.31 bits per heavy atom. The van der Waals surface area contributed by atoms with E-state index in [4.69, 9.17) is 17.3 Å². The number of nitrogens with one attached hydrogen (secondary N) is 1. The van der Waals surface area contributed by atoms with Crippen LogP contribution in [0.25, 0.3) is 0 Å². The van der Waals surface area contributed by atoms with Crippen molar-refractivity contribution in [3.8, 4) is 0 Å². The van der Waals surface area contributed by atoms with E-state index in [1.165, 1.54) is 4.88 Å². The number of hydrogen-bond donors (Lipinski definition) is 2. The second-order valence-electron chi connectivity index (χ2n) is 3.36. The van der Waals surface area contributed by atoms with Gasteiger partial charge < -0.3 is 11.1 Å². The number of pyridine rings is 1. The van der Waals surface area contributed by atoms with E-state index in [9.17, 15) is 0 Å². The first-order chi connectivity index (χ1) is 7.74. The molecule has 0 aromatic carbocycles. The molecule has 0 amide bonds. The van der Waals surface area contributed by atoms with Gasteiger partial charge in [0.2, 0.25) is 0 Å². The minimum Gasteiger partial charge on any atom is -0.397 e. The van der Waals surface area contributed by atoms with Crippen molar-refractivity contribution in [3.05, 3.63) is 39.7 Å². The zero-order valence-corrected chi connectivity index (χ0v) is 10.2. The minimum atomic E-state index is 0.676. The van der Waals surface area contributed by atoms with Crippen LogP contribution in [-0.4, -0.2) is 11.5 Å². The average molecular weight is 254 g/mol. The van der Waals surface area contributed by atoms with Gasteiger partial charge in [0.15, 0.2) is 0 Å². The maximum Gasteiger partial charge on any atom is 0.126 e. The first-order valence-corrected chi connectivity index (χ1v) is 6.13. The molecule has 5 heteroatoms. The van der Waals surface area contributed by atoms with E-state index in [1.807, 2.05) is 24.3 Å². The second-order valence-corrected chi connectivity index (χ2v) is 5.16. The Morgan fingerprint density at radius 2 is 2.19 bits per heavy atom. The highest BCUT2D eigenvalue weighted by Crippen LogP contribution is 2.21. The topological polar surface area (TPSA) is 50.9 Å². The predicted molar refractivity (Wildman–Crippen MR) is 70.2 cm³/mol. The van der Waals surface area contributed by atoms with Crippen LogP contribution in [0.3, 0.4) is 0 Å². The van der Waals surface area contributed by atoms with Gasteiger partial charge in [-0.2, -0.15) is 0 Å². The van der Waals surface area contributed by atoms with Gasteiger partial charge in [0, 0.05) is 11.4 Å². The molecule has 3 nitrogen and oxygen atoms in total. The molecule has 16 heavy (non-hydrogen) atoms. The van der Waals surface area contributed by atoms with Crippen molar-refractivity contribution in [2.45, 2.75) is 6.42 Å². The molecule has 0 fully saturated rings. The molecular weight excluding hydrogens is 242 g/mol. The fraction of sp³-hybridized carbons (Fsp3) is 0.182. The summed E-state index contributed by atoms with van der Waals surface area (Å²) in [7, 11) is 0. The highest BCUT2D eigenvalue weighted by Gasteiger charge is 1.98. The number of thiophene rings is 1. The van der Waals surface area contributed by atoms with E-state index < -0.39 is 0 Å². The lowest BCUT2D eigenvalue weighted by Crippen LogP contribution is -2.05. The molecule has 0 aliphatic rings. The molecule has 2 aromatic heterocycles. The molecule has 0 bridgehead atoms. The number of hydrogen-bond acceptors (Lipinski definition) is 4. The lowest BCUT2D eigenvalue weighted by atomic mass is 10.3. The minimum absolute atomic E-state index is 0.676. The lowest BCUT2D eigenvalue weighted by molar-refractivity contribution is 1.03. The van der Waals surface area contributed by atoms with Gasteiger partial charge in [-0.1, -0.05) is 11.6 Å². The van der Waals surface area contributed by atoms with Gasteiger partial charge in [0.05, 0.1) is 16.2 Å². The van der Waals surface area contributed by atoms with Gasteiger partial charge in [-0.15, -0.1) is 11.3 Å². The Bertz CT molecular complexity index is 453. The fourth-order valence-corrected chi connectivity index (χ4v) is 2.40. The number of nitrogen functional groups attached to an aromatic ring is 1. The molecule has 84 valence electrons. The Labute approximate surface area is 103 Å². The summed E-state index contributed by atoms with van der Waals surface area (Å²) in [5.41, 5.74) is 6.22. The average Bonchev–Trinajstić information content (AvgIpc) is 2.67. The SMILES string of the molecule is Nc1ccc(NCCc2ccc(Cl)s2)nc1.